The van der Waals surface area contributed by atoms with Crippen LogP contribution in [0.15, 0.2) is 48.5 Å². The lowest BCUT2D eigenvalue weighted by atomic mass is 10.00. The molecular weight excluding hydrogens is 314 g/mol. The molecule has 0 aliphatic rings. The van der Waals surface area contributed by atoms with E-state index in [0.29, 0.717) is 11.3 Å². The third kappa shape index (κ3) is 4.41. The molecule has 0 saturated carbocycles. The van der Waals surface area contributed by atoms with Crippen LogP contribution in [0.5, 0.6) is 5.75 Å². The highest BCUT2D eigenvalue weighted by Crippen LogP contribution is 2.26. The third-order valence-corrected chi connectivity index (χ3v) is 3.61. The number of aromatic carboxylic acids is 1. The van der Waals surface area contributed by atoms with Gasteiger partial charge in [-0.2, -0.15) is 0 Å². The third-order valence-electron chi connectivity index (χ3n) is 3.61. The molecule has 0 amide bonds. The Morgan fingerprint density at radius 1 is 1.25 bits per heavy atom. The Hall–Kier alpha value is -2.69. The van der Waals surface area contributed by atoms with E-state index in [-0.39, 0.29) is 11.1 Å². The molecular formula is C19H18F2O3. The fraction of sp³-hybridized carbons (Fsp3) is 0.211. The zero-order valence-corrected chi connectivity index (χ0v) is 13.4. The van der Waals surface area contributed by atoms with Gasteiger partial charge in [-0.15, -0.1) is 0 Å². The normalized spacial score (nSPS) is 11.7. The number of allylic oxidation sites excluding steroid dienone is 1. The van der Waals surface area contributed by atoms with Crippen LogP contribution in [0.1, 0.15) is 27.0 Å². The first-order valence-corrected chi connectivity index (χ1v) is 7.35. The van der Waals surface area contributed by atoms with E-state index in [2.05, 4.69) is 0 Å². The van der Waals surface area contributed by atoms with Crippen LogP contribution in [-0.4, -0.2) is 24.1 Å². The predicted molar refractivity (Wildman–Crippen MR) is 88.8 cm³/mol. The van der Waals surface area contributed by atoms with Crippen molar-refractivity contribution in [1.82, 2.24) is 0 Å². The van der Waals surface area contributed by atoms with Gasteiger partial charge in [0.15, 0.2) is 0 Å². The fourth-order valence-corrected chi connectivity index (χ4v) is 2.42. The first kappa shape index (κ1) is 17.7. The van der Waals surface area contributed by atoms with E-state index in [0.717, 1.165) is 11.6 Å². The number of rotatable bonds is 6. The van der Waals surface area contributed by atoms with Crippen LogP contribution in [0.2, 0.25) is 0 Å². The summed E-state index contributed by atoms with van der Waals surface area (Å²) in [7, 11) is 1.55. The molecule has 2 aromatic carbocycles. The Morgan fingerprint density at radius 2 is 1.96 bits per heavy atom. The number of carbonyl (C=O) groups is 1. The number of hydrogen-bond donors (Lipinski definition) is 1. The molecule has 0 aromatic heterocycles. The second kappa shape index (κ2) is 7.25. The number of ether oxygens (including phenoxy) is 1. The van der Waals surface area contributed by atoms with Crippen molar-refractivity contribution in [1.29, 1.82) is 0 Å². The van der Waals surface area contributed by atoms with Crippen molar-refractivity contribution < 1.29 is 23.4 Å². The van der Waals surface area contributed by atoms with E-state index in [4.69, 9.17) is 9.84 Å². The highest BCUT2D eigenvalue weighted by atomic mass is 19.3. The maximum Gasteiger partial charge on any atom is 0.335 e. The minimum Gasteiger partial charge on any atom is -0.496 e. The van der Waals surface area contributed by atoms with Crippen molar-refractivity contribution in [2.24, 2.45) is 0 Å². The van der Waals surface area contributed by atoms with E-state index in [9.17, 15) is 13.6 Å². The summed E-state index contributed by atoms with van der Waals surface area (Å²) in [5.74, 6) is -3.68. The summed E-state index contributed by atoms with van der Waals surface area (Å²) in [6.07, 6.45) is 1.46. The van der Waals surface area contributed by atoms with E-state index >= 15 is 0 Å². The Balaban J connectivity index is 2.19. The number of halogens is 2. The Labute approximate surface area is 139 Å². The van der Waals surface area contributed by atoms with Gasteiger partial charge < -0.3 is 9.84 Å². The van der Waals surface area contributed by atoms with Crippen molar-refractivity contribution in [3.63, 3.8) is 0 Å². The van der Waals surface area contributed by atoms with E-state index < -0.39 is 18.3 Å². The number of hydrogen-bond acceptors (Lipinski definition) is 2. The zero-order chi connectivity index (χ0) is 17.7. The minimum atomic E-state index is -3.15. The lowest BCUT2D eigenvalue weighted by Gasteiger charge is -2.14. The van der Waals surface area contributed by atoms with Crippen LogP contribution in [0.4, 0.5) is 8.78 Å². The summed E-state index contributed by atoms with van der Waals surface area (Å²) in [5.41, 5.74) is 1.47. The van der Waals surface area contributed by atoms with Gasteiger partial charge in [-0.25, -0.2) is 13.6 Å². The monoisotopic (exact) mass is 332 g/mol. The number of carboxylic acid groups (broad SMARTS) is 1. The van der Waals surface area contributed by atoms with E-state index in [1.807, 2.05) is 6.92 Å². The summed E-state index contributed by atoms with van der Waals surface area (Å²) in [6, 6.07) is 10.9. The van der Waals surface area contributed by atoms with Gasteiger partial charge in [0.05, 0.1) is 12.7 Å². The van der Waals surface area contributed by atoms with Gasteiger partial charge in [0.25, 0.3) is 5.92 Å². The lowest BCUT2D eigenvalue weighted by Crippen LogP contribution is -2.18. The first-order chi connectivity index (χ1) is 11.3. The maximum atomic E-state index is 14.2. The minimum absolute atomic E-state index is 0.102. The summed E-state index contributed by atoms with van der Waals surface area (Å²) in [5, 5.41) is 9.08. The van der Waals surface area contributed by atoms with Crippen LogP contribution in [0.25, 0.3) is 6.08 Å². The summed E-state index contributed by atoms with van der Waals surface area (Å²) in [6.45, 7) is 1.83. The number of carboxylic acids is 1. The van der Waals surface area contributed by atoms with Gasteiger partial charge in [-0.1, -0.05) is 30.3 Å². The molecule has 0 radical (unpaired) electrons. The lowest BCUT2D eigenvalue weighted by molar-refractivity contribution is 0.0557. The summed E-state index contributed by atoms with van der Waals surface area (Å²) < 4.78 is 33.5. The van der Waals surface area contributed by atoms with Crippen molar-refractivity contribution in [2.75, 3.05) is 7.11 Å². The van der Waals surface area contributed by atoms with Gasteiger partial charge in [-0.3, -0.25) is 0 Å². The van der Waals surface area contributed by atoms with Crippen molar-refractivity contribution in [2.45, 2.75) is 19.3 Å². The molecule has 126 valence electrons. The zero-order valence-electron chi connectivity index (χ0n) is 13.4. The molecule has 0 spiro atoms. The van der Waals surface area contributed by atoms with E-state index in [1.54, 1.807) is 31.4 Å². The number of methoxy groups -OCH3 is 1. The van der Waals surface area contributed by atoms with Gasteiger partial charge in [0.2, 0.25) is 0 Å². The van der Waals surface area contributed by atoms with Crippen LogP contribution in [0, 0.1) is 6.92 Å². The molecule has 5 heteroatoms. The van der Waals surface area contributed by atoms with E-state index in [1.165, 1.54) is 24.3 Å². The second-order valence-electron chi connectivity index (χ2n) is 5.46. The van der Waals surface area contributed by atoms with Crippen molar-refractivity contribution in [3.8, 4) is 5.75 Å². The topological polar surface area (TPSA) is 46.5 Å². The van der Waals surface area contributed by atoms with Crippen LogP contribution < -0.4 is 4.74 Å². The highest BCUT2D eigenvalue weighted by Gasteiger charge is 2.27. The molecule has 0 heterocycles. The fourth-order valence-electron chi connectivity index (χ4n) is 2.42. The maximum absolute atomic E-state index is 14.2. The molecule has 0 aliphatic carbocycles. The van der Waals surface area contributed by atoms with Crippen LogP contribution in [0.3, 0.4) is 0 Å². The largest absolute Gasteiger partial charge is 0.496 e. The molecule has 0 atom stereocenters. The molecule has 2 aromatic rings. The SMILES string of the molecule is COc1ccc(C=CC(F)(F)Cc2ccccc2C(=O)O)cc1C. The van der Waals surface area contributed by atoms with Crippen LogP contribution >= 0.6 is 0 Å². The quantitative estimate of drug-likeness (QED) is 0.841. The molecule has 0 aliphatic heterocycles. The number of alkyl halides is 2. The Bertz CT molecular complexity index is 767. The standard InChI is InChI=1S/C19H18F2O3/c1-13-11-14(7-8-17(13)24-2)9-10-19(20,21)12-15-5-3-4-6-16(15)18(22)23/h3-11H,12H2,1-2H3,(H,22,23). The second-order valence-corrected chi connectivity index (χ2v) is 5.46. The molecule has 1 N–H and O–H groups in total. The summed E-state index contributed by atoms with van der Waals surface area (Å²) >= 11 is 0. The number of aryl methyl sites for hydroxylation is 1. The molecule has 3 nitrogen and oxygen atoms in total. The van der Waals surface area contributed by atoms with Crippen LogP contribution in [-0.2, 0) is 6.42 Å². The average Bonchev–Trinajstić information content (AvgIpc) is 2.53. The molecule has 0 saturated heterocycles. The van der Waals surface area contributed by atoms with Gasteiger partial charge in [0, 0.05) is 6.42 Å². The molecule has 2 rings (SSSR count). The Morgan fingerprint density at radius 3 is 2.58 bits per heavy atom. The van der Waals surface area contributed by atoms with Gasteiger partial charge >= 0.3 is 5.97 Å². The smallest absolute Gasteiger partial charge is 0.335 e. The molecule has 0 bridgehead atoms. The van der Waals surface area contributed by atoms with Crippen molar-refractivity contribution in [3.05, 3.63) is 70.8 Å². The molecule has 24 heavy (non-hydrogen) atoms. The number of benzene rings is 2. The molecule has 0 fully saturated rings. The van der Waals surface area contributed by atoms with Gasteiger partial charge in [0.1, 0.15) is 5.75 Å². The molecule has 0 unspecified atom stereocenters. The first-order valence-electron chi connectivity index (χ1n) is 7.35. The predicted octanol–water partition coefficient (Wildman–Crippen LogP) is 4.59. The highest BCUT2D eigenvalue weighted by molar-refractivity contribution is 5.89. The average molecular weight is 332 g/mol. The summed E-state index contributed by atoms with van der Waals surface area (Å²) in [4.78, 5) is 11.1. The van der Waals surface area contributed by atoms with Crippen molar-refractivity contribution >= 4 is 12.0 Å². The van der Waals surface area contributed by atoms with Gasteiger partial charge in [-0.05, 0) is 47.9 Å². The Kier molecular flexibility index (Phi) is 5.34.